The van der Waals surface area contributed by atoms with Crippen molar-refractivity contribution in [2.75, 3.05) is 6.61 Å². The fraction of sp³-hybridized carbons (Fsp3) is 0.545. The van der Waals surface area contributed by atoms with Crippen molar-refractivity contribution in [3.05, 3.63) is 23.9 Å². The number of aromatic nitrogens is 1. The highest BCUT2D eigenvalue weighted by Gasteiger charge is 1.96. The van der Waals surface area contributed by atoms with E-state index in [1.807, 2.05) is 12.1 Å². The summed E-state index contributed by atoms with van der Waals surface area (Å²) in [5, 5.41) is 0. The van der Waals surface area contributed by atoms with Gasteiger partial charge in [-0.3, -0.25) is 0 Å². The zero-order valence-corrected chi connectivity index (χ0v) is 9.26. The molecular weight excluding hydrogens is 198 g/mol. The van der Waals surface area contributed by atoms with Gasteiger partial charge in [-0.1, -0.05) is 19.8 Å². The third-order valence-electron chi connectivity index (χ3n) is 1.95. The topological polar surface area (TPSA) is 22.1 Å². The summed E-state index contributed by atoms with van der Waals surface area (Å²) in [6, 6.07) is 3.78. The van der Waals surface area contributed by atoms with Crippen LogP contribution in [0.5, 0.6) is 5.88 Å². The summed E-state index contributed by atoms with van der Waals surface area (Å²) >= 11 is 5.70. The molecule has 0 amide bonds. The van der Waals surface area contributed by atoms with Gasteiger partial charge in [-0.25, -0.2) is 4.98 Å². The third-order valence-corrected chi connectivity index (χ3v) is 2.26. The van der Waals surface area contributed by atoms with Crippen molar-refractivity contribution in [1.29, 1.82) is 0 Å². The Morgan fingerprint density at radius 3 is 3.00 bits per heavy atom. The van der Waals surface area contributed by atoms with Crippen molar-refractivity contribution in [3.8, 4) is 5.88 Å². The zero-order chi connectivity index (χ0) is 10.2. The Morgan fingerprint density at radius 1 is 1.43 bits per heavy atom. The lowest BCUT2D eigenvalue weighted by Gasteiger charge is -2.05. The van der Waals surface area contributed by atoms with E-state index in [-0.39, 0.29) is 0 Å². The molecule has 0 saturated heterocycles. The van der Waals surface area contributed by atoms with Gasteiger partial charge in [0.15, 0.2) is 0 Å². The predicted molar refractivity (Wildman–Crippen MR) is 58.8 cm³/mol. The van der Waals surface area contributed by atoms with Crippen LogP contribution in [0.15, 0.2) is 18.3 Å². The molecule has 1 heterocycles. The van der Waals surface area contributed by atoms with Gasteiger partial charge >= 0.3 is 0 Å². The second-order valence-corrected chi connectivity index (χ2v) is 3.46. The van der Waals surface area contributed by atoms with Gasteiger partial charge in [0, 0.05) is 18.1 Å². The van der Waals surface area contributed by atoms with Crippen LogP contribution in [-0.2, 0) is 5.88 Å². The molecule has 0 N–H and O–H groups in total. The van der Waals surface area contributed by atoms with Crippen LogP contribution in [0.3, 0.4) is 0 Å². The first-order valence-electron chi connectivity index (χ1n) is 5.00. The Kier molecular flexibility index (Phi) is 5.38. The zero-order valence-electron chi connectivity index (χ0n) is 8.50. The van der Waals surface area contributed by atoms with Gasteiger partial charge in [-0.2, -0.15) is 0 Å². The molecule has 1 aromatic heterocycles. The maximum Gasteiger partial charge on any atom is 0.213 e. The summed E-state index contributed by atoms with van der Waals surface area (Å²) in [5.41, 5.74) is 1.05. The molecule has 0 fully saturated rings. The fourth-order valence-electron chi connectivity index (χ4n) is 1.14. The smallest absolute Gasteiger partial charge is 0.213 e. The monoisotopic (exact) mass is 213 g/mol. The molecule has 2 nitrogen and oxygen atoms in total. The van der Waals surface area contributed by atoms with Gasteiger partial charge in [0.05, 0.1) is 6.61 Å². The summed E-state index contributed by atoms with van der Waals surface area (Å²) in [4.78, 5) is 4.10. The molecule has 0 aliphatic rings. The molecule has 3 heteroatoms. The van der Waals surface area contributed by atoms with E-state index in [0.29, 0.717) is 11.8 Å². The van der Waals surface area contributed by atoms with Crippen molar-refractivity contribution >= 4 is 11.6 Å². The highest BCUT2D eigenvalue weighted by atomic mass is 35.5. The van der Waals surface area contributed by atoms with Crippen LogP contribution in [-0.4, -0.2) is 11.6 Å². The SMILES string of the molecule is CCCCCOc1cc(CCl)ccn1. The van der Waals surface area contributed by atoms with Crippen LogP contribution in [0, 0.1) is 0 Å². The molecule has 14 heavy (non-hydrogen) atoms. The molecule has 1 aromatic rings. The van der Waals surface area contributed by atoms with E-state index in [9.17, 15) is 0 Å². The lowest BCUT2D eigenvalue weighted by atomic mass is 10.3. The van der Waals surface area contributed by atoms with E-state index in [4.69, 9.17) is 16.3 Å². The van der Waals surface area contributed by atoms with E-state index in [2.05, 4.69) is 11.9 Å². The summed E-state index contributed by atoms with van der Waals surface area (Å²) in [6.45, 7) is 2.92. The highest BCUT2D eigenvalue weighted by Crippen LogP contribution is 2.11. The van der Waals surface area contributed by atoms with Crippen LogP contribution in [0.4, 0.5) is 0 Å². The van der Waals surface area contributed by atoms with E-state index in [1.165, 1.54) is 12.8 Å². The van der Waals surface area contributed by atoms with Gasteiger partial charge in [-0.15, -0.1) is 11.6 Å². The van der Waals surface area contributed by atoms with E-state index >= 15 is 0 Å². The maximum atomic E-state index is 5.70. The molecule has 1 rings (SSSR count). The fourth-order valence-corrected chi connectivity index (χ4v) is 1.31. The Bertz CT molecular complexity index is 265. The first kappa shape index (κ1) is 11.3. The van der Waals surface area contributed by atoms with Gasteiger partial charge in [-0.05, 0) is 18.1 Å². The van der Waals surface area contributed by atoms with Crippen molar-refractivity contribution in [1.82, 2.24) is 4.98 Å². The molecular formula is C11H16ClNO. The molecule has 0 bridgehead atoms. The number of hydrogen-bond donors (Lipinski definition) is 0. The number of hydrogen-bond acceptors (Lipinski definition) is 2. The van der Waals surface area contributed by atoms with Crippen molar-refractivity contribution in [2.24, 2.45) is 0 Å². The Morgan fingerprint density at radius 2 is 2.29 bits per heavy atom. The average Bonchev–Trinajstić information content (AvgIpc) is 2.25. The average molecular weight is 214 g/mol. The number of pyridine rings is 1. The highest BCUT2D eigenvalue weighted by molar-refractivity contribution is 6.17. The van der Waals surface area contributed by atoms with Crippen molar-refractivity contribution < 1.29 is 4.74 Å². The lowest BCUT2D eigenvalue weighted by molar-refractivity contribution is 0.294. The molecule has 0 unspecified atom stereocenters. The van der Waals surface area contributed by atoms with Crippen molar-refractivity contribution in [2.45, 2.75) is 32.1 Å². The second kappa shape index (κ2) is 6.66. The van der Waals surface area contributed by atoms with Crippen LogP contribution >= 0.6 is 11.6 Å². The third kappa shape index (κ3) is 3.97. The number of alkyl halides is 1. The van der Waals surface area contributed by atoms with Crippen LogP contribution < -0.4 is 4.74 Å². The minimum absolute atomic E-state index is 0.508. The van der Waals surface area contributed by atoms with Gasteiger partial charge < -0.3 is 4.74 Å². The molecule has 0 aliphatic heterocycles. The summed E-state index contributed by atoms with van der Waals surface area (Å²) in [7, 11) is 0. The van der Waals surface area contributed by atoms with Gasteiger partial charge in [0.1, 0.15) is 0 Å². The van der Waals surface area contributed by atoms with Gasteiger partial charge in [0.2, 0.25) is 5.88 Å². The molecule has 0 aliphatic carbocycles. The first-order chi connectivity index (χ1) is 6.86. The predicted octanol–water partition coefficient (Wildman–Crippen LogP) is 3.39. The summed E-state index contributed by atoms with van der Waals surface area (Å²) < 4.78 is 5.48. The van der Waals surface area contributed by atoms with Gasteiger partial charge in [0.25, 0.3) is 0 Å². The molecule has 78 valence electrons. The molecule has 0 atom stereocenters. The molecule has 0 radical (unpaired) electrons. The van der Waals surface area contributed by atoms with E-state index in [0.717, 1.165) is 18.6 Å². The minimum atomic E-state index is 0.508. The number of halogens is 1. The number of nitrogens with zero attached hydrogens (tertiary/aromatic N) is 1. The second-order valence-electron chi connectivity index (χ2n) is 3.19. The molecule has 0 spiro atoms. The number of unbranched alkanes of at least 4 members (excludes halogenated alkanes) is 2. The number of ether oxygens (including phenoxy) is 1. The summed E-state index contributed by atoms with van der Waals surface area (Å²) in [5.74, 6) is 1.19. The Balaban J connectivity index is 2.34. The van der Waals surface area contributed by atoms with E-state index < -0.39 is 0 Å². The quantitative estimate of drug-likeness (QED) is 0.534. The number of rotatable bonds is 6. The van der Waals surface area contributed by atoms with Crippen LogP contribution in [0.25, 0.3) is 0 Å². The molecule has 0 aromatic carbocycles. The Labute approximate surface area is 90.3 Å². The molecule has 0 saturated carbocycles. The van der Waals surface area contributed by atoms with E-state index in [1.54, 1.807) is 6.20 Å². The van der Waals surface area contributed by atoms with Crippen LogP contribution in [0.1, 0.15) is 31.7 Å². The first-order valence-corrected chi connectivity index (χ1v) is 5.54. The maximum absolute atomic E-state index is 5.70. The van der Waals surface area contributed by atoms with Crippen molar-refractivity contribution in [3.63, 3.8) is 0 Å². The van der Waals surface area contributed by atoms with Crippen LogP contribution in [0.2, 0.25) is 0 Å². The normalized spacial score (nSPS) is 10.1. The lowest BCUT2D eigenvalue weighted by Crippen LogP contribution is -1.99. The summed E-state index contributed by atoms with van der Waals surface area (Å²) in [6.07, 6.45) is 5.23. The minimum Gasteiger partial charge on any atom is -0.478 e. The largest absolute Gasteiger partial charge is 0.478 e. The Hall–Kier alpha value is -0.760. The standard InChI is InChI=1S/C11H16ClNO/c1-2-3-4-7-14-11-8-10(9-12)5-6-13-11/h5-6,8H,2-4,7,9H2,1H3.